The number of ether oxygens (including phenoxy) is 2. The van der Waals surface area contributed by atoms with E-state index in [1.165, 1.54) is 161 Å². The maximum Gasteiger partial charge on any atom is 0.220 e. The third-order valence-electron chi connectivity index (χ3n) is 12.0. The summed E-state index contributed by atoms with van der Waals surface area (Å²) in [5, 5.41) is 54.3. The summed E-state index contributed by atoms with van der Waals surface area (Å²) < 4.78 is 11.2. The van der Waals surface area contributed by atoms with Crippen LogP contribution in [-0.4, -0.2) is 87.5 Å². The van der Waals surface area contributed by atoms with Crippen LogP contribution in [0.1, 0.15) is 226 Å². The highest BCUT2D eigenvalue weighted by atomic mass is 16.7. The molecule has 0 aliphatic carbocycles. The van der Waals surface area contributed by atoms with Crippen LogP contribution in [0.15, 0.2) is 36.5 Å². The molecule has 0 spiro atoms. The third kappa shape index (κ3) is 31.3. The van der Waals surface area contributed by atoms with Crippen LogP contribution in [0.5, 0.6) is 0 Å². The molecule has 1 aliphatic heterocycles. The van der Waals surface area contributed by atoms with E-state index < -0.39 is 49.5 Å². The van der Waals surface area contributed by atoms with Gasteiger partial charge in [0.15, 0.2) is 6.29 Å². The molecule has 1 amide bonds. The molecular formula is C51H95NO8. The fourth-order valence-electron chi connectivity index (χ4n) is 7.89. The van der Waals surface area contributed by atoms with E-state index in [2.05, 4.69) is 43.5 Å². The van der Waals surface area contributed by atoms with Gasteiger partial charge in [-0.3, -0.25) is 4.79 Å². The van der Waals surface area contributed by atoms with Gasteiger partial charge in [-0.1, -0.05) is 204 Å². The molecule has 0 aromatic carbocycles. The van der Waals surface area contributed by atoms with Crippen LogP contribution < -0.4 is 5.32 Å². The smallest absolute Gasteiger partial charge is 0.220 e. The maximum absolute atomic E-state index is 13.0. The standard InChI is InChI=1S/C51H95NO8/c1-3-5-7-9-11-13-15-17-19-21-22-23-24-25-27-29-31-33-35-37-39-41-47(55)52-44(43-59-51-50(58)49(57)48(56)46(42-53)60-51)45(54)40-38-36-34-32-30-28-26-20-18-16-14-12-10-8-6-4-2/h15,17,21-22,38,40,44-46,48-51,53-54,56-58H,3-14,16,18-20,23-37,39,41-43H2,1-2H3,(H,52,55)/b17-15-,22-21-,40-38+. The van der Waals surface area contributed by atoms with E-state index in [1.807, 2.05) is 6.08 Å². The third-order valence-corrected chi connectivity index (χ3v) is 12.0. The zero-order valence-electron chi connectivity index (χ0n) is 38.7. The number of rotatable bonds is 42. The molecule has 1 aliphatic rings. The fourth-order valence-corrected chi connectivity index (χ4v) is 7.89. The lowest BCUT2D eigenvalue weighted by Crippen LogP contribution is -2.60. The van der Waals surface area contributed by atoms with Crippen molar-refractivity contribution in [3.8, 4) is 0 Å². The van der Waals surface area contributed by atoms with Crippen LogP contribution in [-0.2, 0) is 14.3 Å². The molecule has 0 radical (unpaired) electrons. The number of aliphatic hydroxyl groups is 5. The van der Waals surface area contributed by atoms with Gasteiger partial charge in [0, 0.05) is 6.42 Å². The Labute approximate surface area is 368 Å². The zero-order chi connectivity index (χ0) is 43.7. The van der Waals surface area contributed by atoms with Crippen LogP contribution in [0.3, 0.4) is 0 Å². The summed E-state index contributed by atoms with van der Waals surface area (Å²) >= 11 is 0. The minimum Gasteiger partial charge on any atom is -0.394 e. The molecule has 1 fully saturated rings. The summed E-state index contributed by atoms with van der Waals surface area (Å²) in [5.41, 5.74) is 0. The number of hydrogen-bond donors (Lipinski definition) is 6. The van der Waals surface area contributed by atoms with E-state index in [1.54, 1.807) is 6.08 Å². The molecular weight excluding hydrogens is 755 g/mol. The lowest BCUT2D eigenvalue weighted by molar-refractivity contribution is -0.302. The van der Waals surface area contributed by atoms with Crippen LogP contribution in [0, 0.1) is 0 Å². The Morgan fingerprint density at radius 1 is 0.567 bits per heavy atom. The number of amides is 1. The summed E-state index contributed by atoms with van der Waals surface area (Å²) in [5.74, 6) is -0.181. The van der Waals surface area contributed by atoms with Crippen molar-refractivity contribution in [3.63, 3.8) is 0 Å². The number of aliphatic hydroxyl groups excluding tert-OH is 5. The first-order valence-corrected chi connectivity index (χ1v) is 25.2. The molecule has 352 valence electrons. The Hall–Kier alpha value is -1.59. The van der Waals surface area contributed by atoms with Gasteiger partial charge in [0.25, 0.3) is 0 Å². The Balaban J connectivity index is 2.30. The number of carbonyl (C=O) groups is 1. The van der Waals surface area contributed by atoms with Crippen molar-refractivity contribution in [2.24, 2.45) is 0 Å². The average molecular weight is 850 g/mol. The van der Waals surface area contributed by atoms with E-state index in [-0.39, 0.29) is 12.5 Å². The fraction of sp³-hybridized carbons (Fsp3) is 0.863. The van der Waals surface area contributed by atoms with E-state index >= 15 is 0 Å². The molecule has 60 heavy (non-hydrogen) atoms. The Morgan fingerprint density at radius 3 is 1.43 bits per heavy atom. The predicted octanol–water partition coefficient (Wildman–Crippen LogP) is 11.2. The first-order valence-electron chi connectivity index (χ1n) is 25.2. The van der Waals surface area contributed by atoms with Gasteiger partial charge >= 0.3 is 0 Å². The summed E-state index contributed by atoms with van der Waals surface area (Å²) in [6.45, 7) is 3.77. The van der Waals surface area contributed by atoms with E-state index in [0.717, 1.165) is 44.9 Å². The van der Waals surface area contributed by atoms with Crippen LogP contribution in [0.2, 0.25) is 0 Å². The Morgan fingerprint density at radius 2 is 0.983 bits per heavy atom. The van der Waals surface area contributed by atoms with Gasteiger partial charge in [-0.25, -0.2) is 0 Å². The summed E-state index contributed by atoms with van der Waals surface area (Å²) in [7, 11) is 0. The van der Waals surface area contributed by atoms with Gasteiger partial charge in [-0.2, -0.15) is 0 Å². The topological polar surface area (TPSA) is 149 Å². The average Bonchev–Trinajstić information content (AvgIpc) is 3.25. The van der Waals surface area contributed by atoms with Gasteiger partial charge < -0.3 is 40.3 Å². The largest absolute Gasteiger partial charge is 0.394 e. The quantitative estimate of drug-likeness (QED) is 0.0263. The van der Waals surface area contributed by atoms with Crippen LogP contribution >= 0.6 is 0 Å². The lowest BCUT2D eigenvalue weighted by atomic mass is 9.99. The van der Waals surface area contributed by atoms with Gasteiger partial charge in [-0.15, -0.1) is 0 Å². The van der Waals surface area contributed by atoms with Crippen molar-refractivity contribution in [1.82, 2.24) is 5.32 Å². The molecule has 6 N–H and O–H groups in total. The van der Waals surface area contributed by atoms with Gasteiger partial charge in [0.2, 0.25) is 5.91 Å². The van der Waals surface area contributed by atoms with Crippen LogP contribution in [0.4, 0.5) is 0 Å². The summed E-state index contributed by atoms with van der Waals surface area (Å²) in [6, 6.07) is -0.806. The lowest BCUT2D eigenvalue weighted by Gasteiger charge is -2.40. The van der Waals surface area contributed by atoms with Crippen molar-refractivity contribution >= 4 is 5.91 Å². The number of allylic oxidation sites excluding steroid dienone is 5. The van der Waals surface area contributed by atoms with E-state index in [0.29, 0.717) is 6.42 Å². The zero-order valence-corrected chi connectivity index (χ0v) is 38.7. The second-order valence-corrected chi connectivity index (χ2v) is 17.6. The number of hydrogen-bond acceptors (Lipinski definition) is 8. The molecule has 0 aromatic heterocycles. The molecule has 9 nitrogen and oxygen atoms in total. The molecule has 9 heteroatoms. The highest BCUT2D eigenvalue weighted by Gasteiger charge is 2.44. The van der Waals surface area contributed by atoms with Crippen molar-refractivity contribution in [2.45, 2.75) is 269 Å². The summed E-state index contributed by atoms with van der Waals surface area (Å²) in [6.07, 6.45) is 44.7. The van der Waals surface area contributed by atoms with E-state index in [4.69, 9.17) is 9.47 Å². The summed E-state index contributed by atoms with van der Waals surface area (Å²) in [4.78, 5) is 13.0. The monoisotopic (exact) mass is 850 g/mol. The van der Waals surface area contributed by atoms with Crippen LogP contribution in [0.25, 0.3) is 0 Å². The minimum absolute atomic E-state index is 0.181. The predicted molar refractivity (Wildman–Crippen MR) is 249 cm³/mol. The number of nitrogens with one attached hydrogen (secondary N) is 1. The second-order valence-electron chi connectivity index (χ2n) is 17.6. The highest BCUT2D eigenvalue weighted by molar-refractivity contribution is 5.76. The molecule has 1 rings (SSSR count). The van der Waals surface area contributed by atoms with Crippen molar-refractivity contribution < 1.29 is 39.8 Å². The minimum atomic E-state index is -1.57. The molecule has 7 atom stereocenters. The molecule has 0 saturated carbocycles. The molecule has 1 saturated heterocycles. The second kappa shape index (κ2) is 41.4. The number of carbonyl (C=O) groups excluding carboxylic acids is 1. The first-order chi connectivity index (χ1) is 29.3. The molecule has 7 unspecified atom stereocenters. The maximum atomic E-state index is 13.0. The van der Waals surface area contributed by atoms with Gasteiger partial charge in [-0.05, 0) is 51.4 Å². The molecule has 1 heterocycles. The van der Waals surface area contributed by atoms with E-state index in [9.17, 15) is 30.3 Å². The van der Waals surface area contributed by atoms with Crippen molar-refractivity contribution in [1.29, 1.82) is 0 Å². The molecule has 0 bridgehead atoms. The van der Waals surface area contributed by atoms with Crippen molar-refractivity contribution in [3.05, 3.63) is 36.5 Å². The van der Waals surface area contributed by atoms with Gasteiger partial charge in [0.1, 0.15) is 24.4 Å². The SMILES string of the molecule is CCCCCCC/C=C\C/C=C\CCCCCCCCCCCC(=O)NC(COC1OC(CO)C(O)C(O)C1O)C(O)/C=C/CCCCCCCCCCCCCCCC. The van der Waals surface area contributed by atoms with Crippen molar-refractivity contribution in [2.75, 3.05) is 13.2 Å². The molecule has 0 aromatic rings. The van der Waals surface area contributed by atoms with Gasteiger partial charge in [0.05, 0.1) is 25.4 Å². The highest BCUT2D eigenvalue weighted by Crippen LogP contribution is 2.23. The normalized spacial score (nSPS) is 20.8. The Kier molecular flexibility index (Phi) is 39.0. The first kappa shape index (κ1) is 56.4. The number of unbranched alkanes of at least 4 members (excludes halogenated alkanes) is 28. The Bertz CT molecular complexity index is 1030.